The van der Waals surface area contributed by atoms with Gasteiger partial charge in [-0.3, -0.25) is 9.58 Å². The molecule has 1 saturated heterocycles. The molecule has 1 aromatic heterocycles. The van der Waals surface area contributed by atoms with Crippen LogP contribution in [-0.4, -0.2) is 38.4 Å². The Bertz CT molecular complexity index is 395. The highest BCUT2D eigenvalue weighted by Gasteiger charge is 2.41. The Labute approximate surface area is 114 Å². The Morgan fingerprint density at radius 2 is 2.11 bits per heavy atom. The number of likely N-dealkylation sites (tertiary alicyclic amines) is 1. The molecule has 0 amide bonds. The number of aromatic nitrogens is 2. The van der Waals surface area contributed by atoms with Gasteiger partial charge in [-0.1, -0.05) is 18.5 Å². The molecule has 5 heteroatoms. The Balaban J connectivity index is 2.32. The molecular formula is C13H22ClN3O. The fourth-order valence-electron chi connectivity index (χ4n) is 2.84. The third kappa shape index (κ3) is 2.17. The Morgan fingerprint density at radius 3 is 2.56 bits per heavy atom. The van der Waals surface area contributed by atoms with Gasteiger partial charge in [0.1, 0.15) is 6.10 Å². The summed E-state index contributed by atoms with van der Waals surface area (Å²) in [6.45, 7) is 6.34. The van der Waals surface area contributed by atoms with Gasteiger partial charge in [0.2, 0.25) is 0 Å². The first-order chi connectivity index (χ1) is 8.50. The molecule has 1 aliphatic heterocycles. The molecule has 2 unspecified atom stereocenters. The van der Waals surface area contributed by atoms with Crippen LogP contribution < -0.4 is 0 Å². The molecule has 102 valence electrons. The van der Waals surface area contributed by atoms with E-state index in [0.29, 0.717) is 10.7 Å². The lowest BCUT2D eigenvalue weighted by atomic mass is 9.87. The lowest BCUT2D eigenvalue weighted by molar-refractivity contribution is -0.0182. The molecule has 0 radical (unpaired) electrons. The Morgan fingerprint density at radius 1 is 1.50 bits per heavy atom. The van der Waals surface area contributed by atoms with Crippen LogP contribution in [0.1, 0.15) is 44.9 Å². The third-order valence-corrected chi connectivity index (χ3v) is 4.62. The largest absolute Gasteiger partial charge is 0.385 e. The molecular weight excluding hydrogens is 250 g/mol. The summed E-state index contributed by atoms with van der Waals surface area (Å²) < 4.78 is 1.68. The minimum Gasteiger partial charge on any atom is -0.385 e. The van der Waals surface area contributed by atoms with Gasteiger partial charge in [0.05, 0.1) is 16.9 Å². The number of halogens is 1. The van der Waals surface area contributed by atoms with Crippen molar-refractivity contribution < 1.29 is 5.11 Å². The molecule has 0 aliphatic carbocycles. The maximum absolute atomic E-state index is 10.8. The lowest BCUT2D eigenvalue weighted by Crippen LogP contribution is -2.49. The number of nitrogens with zero attached hydrogens (tertiary/aromatic N) is 3. The Hall–Kier alpha value is -0.580. The summed E-state index contributed by atoms with van der Waals surface area (Å²) in [6, 6.07) is 0. The van der Waals surface area contributed by atoms with Crippen LogP contribution in [-0.2, 0) is 7.05 Å². The molecule has 2 atom stereocenters. The topological polar surface area (TPSA) is 41.3 Å². The molecule has 2 heterocycles. The summed E-state index contributed by atoms with van der Waals surface area (Å²) in [6.07, 6.45) is 4.29. The van der Waals surface area contributed by atoms with Crippen LogP contribution in [0, 0.1) is 0 Å². The second-order valence-corrected chi connectivity index (χ2v) is 5.72. The van der Waals surface area contributed by atoms with Gasteiger partial charge in [-0.2, -0.15) is 5.10 Å². The number of rotatable bonds is 4. The van der Waals surface area contributed by atoms with Gasteiger partial charge in [0.15, 0.2) is 0 Å². The van der Waals surface area contributed by atoms with Gasteiger partial charge in [-0.25, -0.2) is 0 Å². The molecule has 18 heavy (non-hydrogen) atoms. The summed E-state index contributed by atoms with van der Waals surface area (Å²) >= 11 is 6.15. The van der Waals surface area contributed by atoms with Gasteiger partial charge >= 0.3 is 0 Å². The van der Waals surface area contributed by atoms with Crippen LogP contribution in [0.5, 0.6) is 0 Å². The van der Waals surface area contributed by atoms with Gasteiger partial charge in [-0.05, 0) is 39.3 Å². The highest BCUT2D eigenvalue weighted by Crippen LogP contribution is 2.38. The predicted molar refractivity (Wildman–Crippen MR) is 72.7 cm³/mol. The zero-order valence-electron chi connectivity index (χ0n) is 11.4. The van der Waals surface area contributed by atoms with E-state index in [0.717, 1.165) is 19.5 Å². The molecule has 0 bridgehead atoms. The van der Waals surface area contributed by atoms with Crippen molar-refractivity contribution in [3.8, 4) is 0 Å². The zero-order chi connectivity index (χ0) is 13.3. The van der Waals surface area contributed by atoms with E-state index in [1.54, 1.807) is 10.9 Å². The highest BCUT2D eigenvalue weighted by atomic mass is 35.5. The standard InChI is InChI=1S/C13H22ClN3O/c1-4-13(2,17-7-5-6-8-17)12(18)11-10(14)9-15-16(11)3/h9,12,18H,4-8H2,1-3H3. The van der Waals surface area contributed by atoms with E-state index >= 15 is 0 Å². The van der Waals surface area contributed by atoms with E-state index in [1.165, 1.54) is 12.8 Å². The highest BCUT2D eigenvalue weighted by molar-refractivity contribution is 6.31. The number of aliphatic hydroxyl groups excluding tert-OH is 1. The van der Waals surface area contributed by atoms with Crippen molar-refractivity contribution in [3.05, 3.63) is 16.9 Å². The maximum Gasteiger partial charge on any atom is 0.115 e. The number of aryl methyl sites for hydroxylation is 1. The van der Waals surface area contributed by atoms with Gasteiger partial charge in [0, 0.05) is 12.6 Å². The molecule has 1 fully saturated rings. The monoisotopic (exact) mass is 271 g/mol. The van der Waals surface area contributed by atoms with Crippen molar-refractivity contribution in [2.24, 2.45) is 7.05 Å². The van der Waals surface area contributed by atoms with E-state index in [2.05, 4.69) is 23.8 Å². The van der Waals surface area contributed by atoms with Crippen LogP contribution in [0.15, 0.2) is 6.20 Å². The van der Waals surface area contributed by atoms with Crippen molar-refractivity contribution in [1.82, 2.24) is 14.7 Å². The quantitative estimate of drug-likeness (QED) is 0.914. The fourth-order valence-corrected chi connectivity index (χ4v) is 3.11. The number of hydrogen-bond acceptors (Lipinski definition) is 3. The van der Waals surface area contributed by atoms with Crippen LogP contribution >= 0.6 is 11.6 Å². The average molecular weight is 272 g/mol. The van der Waals surface area contributed by atoms with E-state index in [-0.39, 0.29) is 5.54 Å². The second-order valence-electron chi connectivity index (χ2n) is 5.31. The average Bonchev–Trinajstić information content (AvgIpc) is 2.98. The van der Waals surface area contributed by atoms with Crippen molar-refractivity contribution >= 4 is 11.6 Å². The lowest BCUT2D eigenvalue weighted by Gasteiger charge is -2.42. The fraction of sp³-hybridized carbons (Fsp3) is 0.769. The normalized spacial score (nSPS) is 22.1. The molecule has 0 aromatic carbocycles. The van der Waals surface area contributed by atoms with E-state index < -0.39 is 6.10 Å². The van der Waals surface area contributed by atoms with E-state index in [1.807, 2.05) is 7.05 Å². The minimum atomic E-state index is -0.611. The molecule has 0 spiro atoms. The van der Waals surface area contributed by atoms with Gasteiger partial charge < -0.3 is 5.11 Å². The van der Waals surface area contributed by atoms with Crippen LogP contribution in [0.4, 0.5) is 0 Å². The molecule has 0 saturated carbocycles. The predicted octanol–water partition coefficient (Wildman–Crippen LogP) is 2.37. The summed E-state index contributed by atoms with van der Waals surface area (Å²) in [5.41, 5.74) is 0.446. The first-order valence-corrected chi connectivity index (χ1v) is 6.99. The SMILES string of the molecule is CCC(C)(C(O)c1c(Cl)cnn1C)N1CCCC1. The third-order valence-electron chi connectivity index (χ3n) is 4.33. The molecule has 1 aliphatic rings. The summed E-state index contributed by atoms with van der Waals surface area (Å²) in [7, 11) is 1.82. The number of aliphatic hydroxyl groups is 1. The molecule has 4 nitrogen and oxygen atoms in total. The van der Waals surface area contributed by atoms with Crippen molar-refractivity contribution in [2.45, 2.75) is 44.8 Å². The first kappa shape index (κ1) is 13.8. The van der Waals surface area contributed by atoms with Crippen molar-refractivity contribution in [1.29, 1.82) is 0 Å². The van der Waals surface area contributed by atoms with Gasteiger partial charge in [0.25, 0.3) is 0 Å². The molecule has 1 aromatic rings. The first-order valence-electron chi connectivity index (χ1n) is 6.61. The minimum absolute atomic E-state index is 0.270. The van der Waals surface area contributed by atoms with Crippen LogP contribution in [0.3, 0.4) is 0 Å². The molecule has 2 rings (SSSR count). The Kier molecular flexibility index (Phi) is 3.99. The van der Waals surface area contributed by atoms with Gasteiger partial charge in [-0.15, -0.1) is 0 Å². The van der Waals surface area contributed by atoms with Crippen LogP contribution in [0.2, 0.25) is 5.02 Å². The summed E-state index contributed by atoms with van der Waals surface area (Å²) in [5.74, 6) is 0. The summed E-state index contributed by atoms with van der Waals surface area (Å²) in [4.78, 5) is 2.38. The smallest absolute Gasteiger partial charge is 0.115 e. The summed E-state index contributed by atoms with van der Waals surface area (Å²) in [5, 5.41) is 15.4. The van der Waals surface area contributed by atoms with Crippen LogP contribution in [0.25, 0.3) is 0 Å². The van der Waals surface area contributed by atoms with Crippen molar-refractivity contribution in [2.75, 3.05) is 13.1 Å². The molecule has 1 N–H and O–H groups in total. The van der Waals surface area contributed by atoms with E-state index in [4.69, 9.17) is 11.6 Å². The maximum atomic E-state index is 10.8. The second kappa shape index (κ2) is 5.19. The zero-order valence-corrected chi connectivity index (χ0v) is 12.1. The van der Waals surface area contributed by atoms with Crippen molar-refractivity contribution in [3.63, 3.8) is 0 Å². The number of hydrogen-bond donors (Lipinski definition) is 1. The van der Waals surface area contributed by atoms with E-state index in [9.17, 15) is 5.11 Å².